The van der Waals surface area contributed by atoms with Gasteiger partial charge in [-0.15, -0.1) is 0 Å². The fraction of sp³-hybridized carbons (Fsp3) is 0.250. The molecule has 1 aromatic heterocycles. The monoisotopic (exact) mass is 453 g/mol. The van der Waals surface area contributed by atoms with E-state index in [9.17, 15) is 9.59 Å². The third-order valence-electron chi connectivity index (χ3n) is 6.34. The molecule has 6 nitrogen and oxygen atoms in total. The predicted molar refractivity (Wildman–Crippen MR) is 132 cm³/mol. The standard InChI is InChI=1S/C28H27N3O3/c1-3-34-27(33)24-25(21-13-9-10-19(2)18-21)31-23-15-8-7-14-22(23)29-28(31)30(26(24)32)17-16-20-11-5-4-6-12-20/h4-15,18,24-25H,3,16-17H2,1-2H3/t24-,25-/m1/s1. The highest BCUT2D eigenvalue weighted by Crippen LogP contribution is 2.41. The average molecular weight is 454 g/mol. The molecule has 2 atom stereocenters. The third-order valence-corrected chi connectivity index (χ3v) is 6.34. The molecule has 3 aromatic carbocycles. The maximum absolute atomic E-state index is 13.9. The molecule has 0 N–H and O–H groups in total. The molecule has 0 saturated heterocycles. The van der Waals surface area contributed by atoms with Gasteiger partial charge < -0.3 is 9.30 Å². The summed E-state index contributed by atoms with van der Waals surface area (Å²) in [7, 11) is 0. The minimum Gasteiger partial charge on any atom is -0.465 e. The number of amides is 1. The Kier molecular flexibility index (Phi) is 5.88. The topological polar surface area (TPSA) is 64.4 Å². The Morgan fingerprint density at radius 2 is 1.76 bits per heavy atom. The van der Waals surface area contributed by atoms with Gasteiger partial charge in [-0.3, -0.25) is 14.5 Å². The number of rotatable bonds is 6. The Balaban J connectivity index is 1.69. The largest absolute Gasteiger partial charge is 0.465 e. The average Bonchev–Trinajstić information content (AvgIpc) is 3.22. The molecule has 4 aromatic rings. The molecule has 0 bridgehead atoms. The summed E-state index contributed by atoms with van der Waals surface area (Å²) in [4.78, 5) is 33.7. The van der Waals surface area contributed by atoms with E-state index >= 15 is 0 Å². The van der Waals surface area contributed by atoms with E-state index in [1.165, 1.54) is 0 Å². The Labute approximate surface area is 198 Å². The second-order valence-corrected chi connectivity index (χ2v) is 8.58. The molecule has 5 rings (SSSR count). The van der Waals surface area contributed by atoms with Gasteiger partial charge in [-0.1, -0.05) is 72.3 Å². The van der Waals surface area contributed by atoms with Crippen LogP contribution in [-0.2, 0) is 20.7 Å². The van der Waals surface area contributed by atoms with E-state index in [0.717, 1.165) is 27.7 Å². The molecule has 0 aliphatic carbocycles. The first-order chi connectivity index (χ1) is 16.6. The number of aryl methyl sites for hydroxylation is 1. The van der Waals surface area contributed by atoms with Gasteiger partial charge in [0, 0.05) is 6.54 Å². The quantitative estimate of drug-likeness (QED) is 0.314. The van der Waals surface area contributed by atoms with Crippen molar-refractivity contribution in [2.45, 2.75) is 26.3 Å². The van der Waals surface area contributed by atoms with Crippen molar-refractivity contribution in [3.63, 3.8) is 0 Å². The van der Waals surface area contributed by atoms with Crippen LogP contribution in [0.5, 0.6) is 0 Å². The summed E-state index contributed by atoms with van der Waals surface area (Å²) in [6, 6.07) is 25.2. The normalized spacial score (nSPS) is 17.6. The van der Waals surface area contributed by atoms with E-state index in [1.807, 2.05) is 90.4 Å². The zero-order valence-electron chi connectivity index (χ0n) is 19.3. The van der Waals surface area contributed by atoms with Gasteiger partial charge in [-0.2, -0.15) is 0 Å². The zero-order valence-corrected chi connectivity index (χ0v) is 19.3. The molecule has 2 heterocycles. The highest BCUT2D eigenvalue weighted by Gasteiger charge is 2.47. The summed E-state index contributed by atoms with van der Waals surface area (Å²) >= 11 is 0. The fourth-order valence-corrected chi connectivity index (χ4v) is 4.80. The number of anilines is 1. The minimum atomic E-state index is -0.998. The van der Waals surface area contributed by atoms with Crippen molar-refractivity contribution in [2.75, 3.05) is 18.1 Å². The molecule has 1 amide bonds. The van der Waals surface area contributed by atoms with E-state index in [1.54, 1.807) is 11.8 Å². The third kappa shape index (κ3) is 3.85. The Morgan fingerprint density at radius 1 is 1.00 bits per heavy atom. The van der Waals surface area contributed by atoms with E-state index in [0.29, 0.717) is 18.9 Å². The van der Waals surface area contributed by atoms with Crippen LogP contribution in [-0.4, -0.2) is 34.6 Å². The van der Waals surface area contributed by atoms with Crippen molar-refractivity contribution in [1.82, 2.24) is 9.55 Å². The first kappa shape index (κ1) is 21.9. The van der Waals surface area contributed by atoms with Crippen molar-refractivity contribution in [3.8, 4) is 0 Å². The van der Waals surface area contributed by atoms with Crippen LogP contribution in [0, 0.1) is 12.8 Å². The Hall–Kier alpha value is -3.93. The van der Waals surface area contributed by atoms with Crippen LogP contribution in [0.2, 0.25) is 0 Å². The second kappa shape index (κ2) is 9.14. The molecule has 0 unspecified atom stereocenters. The maximum atomic E-state index is 13.9. The van der Waals surface area contributed by atoms with E-state index in [-0.39, 0.29) is 12.5 Å². The number of hydrogen-bond acceptors (Lipinski definition) is 4. The summed E-state index contributed by atoms with van der Waals surface area (Å²) in [5.74, 6) is -1.22. The smallest absolute Gasteiger partial charge is 0.321 e. The number of fused-ring (bicyclic) bond motifs is 3. The molecule has 0 fully saturated rings. The van der Waals surface area contributed by atoms with Crippen LogP contribution in [0.15, 0.2) is 78.9 Å². The summed E-state index contributed by atoms with van der Waals surface area (Å²) in [6.07, 6.45) is 0.653. The van der Waals surface area contributed by atoms with E-state index in [4.69, 9.17) is 9.72 Å². The molecule has 1 aliphatic heterocycles. The van der Waals surface area contributed by atoms with Gasteiger partial charge in [0.25, 0.3) is 0 Å². The number of imidazole rings is 1. The number of ether oxygens (including phenoxy) is 1. The van der Waals surface area contributed by atoms with Crippen molar-refractivity contribution >= 4 is 28.9 Å². The number of hydrogen-bond donors (Lipinski definition) is 0. The zero-order chi connectivity index (χ0) is 23.7. The number of carbonyl (C=O) groups excluding carboxylic acids is 2. The maximum Gasteiger partial charge on any atom is 0.321 e. The molecule has 1 aliphatic rings. The number of aromatic nitrogens is 2. The lowest BCUT2D eigenvalue weighted by Crippen LogP contribution is -2.50. The molecule has 172 valence electrons. The molecule has 0 saturated carbocycles. The van der Waals surface area contributed by atoms with Crippen LogP contribution in [0.1, 0.15) is 29.7 Å². The number of para-hydroxylation sites is 2. The molecule has 0 radical (unpaired) electrons. The minimum absolute atomic E-state index is 0.213. The highest BCUT2D eigenvalue weighted by molar-refractivity contribution is 6.08. The van der Waals surface area contributed by atoms with Gasteiger partial charge in [-0.05, 0) is 43.5 Å². The lowest BCUT2D eigenvalue weighted by Gasteiger charge is -2.38. The number of carbonyl (C=O) groups is 2. The lowest BCUT2D eigenvalue weighted by molar-refractivity contribution is -0.153. The van der Waals surface area contributed by atoms with Crippen LogP contribution in [0.25, 0.3) is 11.0 Å². The highest BCUT2D eigenvalue weighted by atomic mass is 16.5. The van der Waals surface area contributed by atoms with Crippen molar-refractivity contribution in [3.05, 3.63) is 95.6 Å². The lowest BCUT2D eigenvalue weighted by atomic mass is 9.88. The molecule has 6 heteroatoms. The fourth-order valence-electron chi connectivity index (χ4n) is 4.80. The van der Waals surface area contributed by atoms with Crippen molar-refractivity contribution in [1.29, 1.82) is 0 Å². The summed E-state index contributed by atoms with van der Waals surface area (Å²) in [5, 5.41) is 0. The van der Waals surface area contributed by atoms with Gasteiger partial charge in [0.05, 0.1) is 23.7 Å². The summed E-state index contributed by atoms with van der Waals surface area (Å²) in [5.41, 5.74) is 4.74. The van der Waals surface area contributed by atoms with Gasteiger partial charge in [-0.25, -0.2) is 4.98 Å². The van der Waals surface area contributed by atoms with Crippen molar-refractivity contribution in [2.24, 2.45) is 5.92 Å². The summed E-state index contributed by atoms with van der Waals surface area (Å²) in [6.45, 7) is 4.40. The number of nitrogens with zero attached hydrogens (tertiary/aromatic N) is 3. The predicted octanol–water partition coefficient (Wildman–Crippen LogP) is 4.70. The van der Waals surface area contributed by atoms with Gasteiger partial charge >= 0.3 is 5.97 Å². The molecular formula is C28H27N3O3. The first-order valence-electron chi connectivity index (χ1n) is 11.6. The van der Waals surface area contributed by atoms with E-state index < -0.39 is 17.9 Å². The van der Waals surface area contributed by atoms with Gasteiger partial charge in [0.15, 0.2) is 5.92 Å². The van der Waals surface area contributed by atoms with Crippen LogP contribution in [0.4, 0.5) is 5.95 Å². The van der Waals surface area contributed by atoms with Gasteiger partial charge in [0.1, 0.15) is 0 Å². The molecule has 0 spiro atoms. The summed E-state index contributed by atoms with van der Waals surface area (Å²) < 4.78 is 7.47. The number of esters is 1. The van der Waals surface area contributed by atoms with Crippen LogP contribution < -0.4 is 4.90 Å². The van der Waals surface area contributed by atoms with Crippen LogP contribution in [0.3, 0.4) is 0 Å². The van der Waals surface area contributed by atoms with Crippen molar-refractivity contribution < 1.29 is 14.3 Å². The SMILES string of the molecule is CCOC(=O)[C@H]1C(=O)N(CCc2ccccc2)c2nc3ccccc3n2[C@@H]1c1cccc(C)c1. The Morgan fingerprint density at radius 3 is 2.53 bits per heavy atom. The molecule has 34 heavy (non-hydrogen) atoms. The van der Waals surface area contributed by atoms with Gasteiger partial charge in [0.2, 0.25) is 11.9 Å². The number of benzene rings is 3. The Bertz CT molecular complexity index is 1350. The first-order valence-corrected chi connectivity index (χ1v) is 11.6. The second-order valence-electron chi connectivity index (χ2n) is 8.58. The molecular weight excluding hydrogens is 426 g/mol. The van der Waals surface area contributed by atoms with Crippen LogP contribution >= 0.6 is 0 Å². The van der Waals surface area contributed by atoms with E-state index in [2.05, 4.69) is 0 Å².